The first-order valence-corrected chi connectivity index (χ1v) is 27.0. The van der Waals surface area contributed by atoms with Gasteiger partial charge in [-0.25, -0.2) is 4.98 Å². The standard InChI is InChI=1S/C33H48N6O4.C24H30N6O2/c1-23(2)32(29(5-4-14-35-22-40)33(42)36-24(3)27-8-6-25(20-34)7-9-27)30-19-31(37-43-30)39-17-10-26(11-18-39)21-38-15-12-28(41)13-16-38;25-20(19-6-1-2-7-22(19)31)12-21(24(26)27)29-13-16-10-17(14-29)30(16)15-8-9-28-23(11-15)32-18-4-3-5-18/h6-9,19,22-24,26,28-29,32,41H,4-5,10-18,21H2,1-3H3,(H,35,40)(H,36,42);1-2,6-9,11-12,16-18,31H,3-5,10,13-14,25-27H2/b;20-12-. The fourth-order valence-corrected chi connectivity index (χ4v) is 11.4. The van der Waals surface area contributed by atoms with Gasteiger partial charge in [0.25, 0.3) is 0 Å². The van der Waals surface area contributed by atoms with Gasteiger partial charge in [-0.1, -0.05) is 43.3 Å². The zero-order valence-electron chi connectivity index (χ0n) is 43.9. The summed E-state index contributed by atoms with van der Waals surface area (Å²) >= 11 is 0. The van der Waals surface area contributed by atoms with E-state index in [1.165, 1.54) is 6.42 Å². The molecule has 2 amide bonds. The van der Waals surface area contributed by atoms with Gasteiger partial charge in [0.1, 0.15) is 23.4 Å². The van der Waals surface area contributed by atoms with Crippen LogP contribution in [-0.2, 0) is 9.59 Å². The number of phenols is 1. The van der Waals surface area contributed by atoms with Crippen LogP contribution in [0.5, 0.6) is 11.6 Å². The summed E-state index contributed by atoms with van der Waals surface area (Å²) in [6, 6.07) is 22.9. The van der Waals surface area contributed by atoms with Crippen molar-refractivity contribution in [2.75, 3.05) is 62.2 Å². The van der Waals surface area contributed by atoms with Crippen molar-refractivity contribution in [1.29, 1.82) is 5.26 Å². The van der Waals surface area contributed by atoms with E-state index in [4.69, 9.17) is 31.7 Å². The number of carbonyl (C=O) groups is 2. The number of aromatic hydroxyl groups is 1. The van der Waals surface area contributed by atoms with Gasteiger partial charge in [0.05, 0.1) is 29.5 Å². The third-order valence-corrected chi connectivity index (χ3v) is 15.9. The molecule has 402 valence electrons. The molecule has 10 rings (SSSR count). The maximum absolute atomic E-state index is 13.8. The molecule has 4 aromatic rings. The van der Waals surface area contributed by atoms with E-state index in [0.29, 0.717) is 84.1 Å². The molecule has 18 heteroatoms. The number of hydrogen-bond donors (Lipinski definition) is 7. The normalized spacial score (nSPS) is 20.6. The Hall–Kier alpha value is -6.97. The zero-order chi connectivity index (χ0) is 53.0. The molecule has 0 spiro atoms. The fourth-order valence-electron chi connectivity index (χ4n) is 11.4. The second-order valence-electron chi connectivity index (χ2n) is 21.4. The van der Waals surface area contributed by atoms with Gasteiger partial charge in [0.15, 0.2) is 5.82 Å². The number of rotatable bonds is 20. The van der Waals surface area contributed by atoms with Crippen LogP contribution in [0.4, 0.5) is 11.5 Å². The number of benzene rings is 2. The second-order valence-corrected chi connectivity index (χ2v) is 21.4. The number of ether oxygens (including phenoxy) is 1. The summed E-state index contributed by atoms with van der Waals surface area (Å²) in [5.74, 6) is 2.74. The molecule has 2 bridgehead atoms. The molecule has 5 saturated heterocycles. The number of amides is 2. The Bertz CT molecular complexity index is 2600. The van der Waals surface area contributed by atoms with Crippen LogP contribution in [0.1, 0.15) is 119 Å². The number of para-hydroxylation sites is 1. The number of aliphatic hydroxyl groups is 1. The van der Waals surface area contributed by atoms with Crippen molar-refractivity contribution in [3.8, 4) is 17.7 Å². The Labute approximate surface area is 441 Å². The number of hydrogen-bond acceptors (Lipinski definition) is 16. The highest BCUT2D eigenvalue weighted by Crippen LogP contribution is 2.41. The number of nitrogens with two attached hydrogens (primary N) is 3. The summed E-state index contributed by atoms with van der Waals surface area (Å²) in [5.41, 5.74) is 22.7. The summed E-state index contributed by atoms with van der Waals surface area (Å²) in [7, 11) is 0. The van der Waals surface area contributed by atoms with Crippen LogP contribution in [0.3, 0.4) is 0 Å². The lowest BCUT2D eigenvalue weighted by Gasteiger charge is -2.58. The lowest BCUT2D eigenvalue weighted by Crippen LogP contribution is -2.68. The number of pyridine rings is 1. The van der Waals surface area contributed by atoms with Gasteiger partial charge in [-0.05, 0) is 125 Å². The van der Waals surface area contributed by atoms with Gasteiger partial charge in [-0.2, -0.15) is 5.26 Å². The SMILES string of the molecule is CC(NC(=O)C(CCCNC=O)C(c1cc(N2CCC(CN3CCC(O)CC3)CC2)no1)C(C)C)c1ccc(C#N)cc1.NC(N)=C(/C=C(\N)c1ccccc1O)N1CC2CC(C1)N2c1ccnc(OC2CCC2)c1. The van der Waals surface area contributed by atoms with Crippen molar-refractivity contribution in [2.24, 2.45) is 35.0 Å². The number of nitriles is 1. The summed E-state index contributed by atoms with van der Waals surface area (Å²) in [6.45, 7) is 13.1. The quantitative estimate of drug-likeness (QED) is 0.0302. The number of nitrogens with one attached hydrogen (secondary N) is 2. The van der Waals surface area contributed by atoms with Crippen molar-refractivity contribution in [3.63, 3.8) is 0 Å². The number of aromatic nitrogens is 2. The Morgan fingerprint density at radius 1 is 0.960 bits per heavy atom. The van der Waals surface area contributed by atoms with Crippen LogP contribution in [0.2, 0.25) is 0 Å². The highest BCUT2D eigenvalue weighted by molar-refractivity contribution is 5.80. The average Bonchev–Trinajstić information content (AvgIpc) is 3.88. The van der Waals surface area contributed by atoms with Gasteiger partial charge >= 0.3 is 0 Å². The third kappa shape index (κ3) is 13.9. The molecule has 75 heavy (non-hydrogen) atoms. The van der Waals surface area contributed by atoms with E-state index in [9.17, 15) is 19.8 Å². The number of piperazine rings is 1. The number of piperidine rings is 3. The Kier molecular flexibility index (Phi) is 18.5. The Morgan fingerprint density at radius 2 is 1.68 bits per heavy atom. The molecule has 2 aromatic carbocycles. The summed E-state index contributed by atoms with van der Waals surface area (Å²) < 4.78 is 12.0. The Balaban J connectivity index is 0.000000207. The van der Waals surface area contributed by atoms with Crippen molar-refractivity contribution in [1.82, 2.24) is 30.6 Å². The minimum absolute atomic E-state index is 0.0642. The second kappa shape index (κ2) is 25.5. The molecule has 2 aromatic heterocycles. The van der Waals surface area contributed by atoms with Gasteiger partial charge in [0.2, 0.25) is 18.2 Å². The maximum Gasteiger partial charge on any atom is 0.224 e. The summed E-state index contributed by atoms with van der Waals surface area (Å²) in [6.07, 6.45) is 14.2. The van der Waals surface area contributed by atoms with Crippen molar-refractivity contribution in [2.45, 2.75) is 121 Å². The predicted molar refractivity (Wildman–Crippen MR) is 290 cm³/mol. The third-order valence-electron chi connectivity index (χ3n) is 15.9. The van der Waals surface area contributed by atoms with E-state index in [1.807, 2.05) is 43.5 Å². The molecule has 10 N–H and O–H groups in total. The molecule has 6 fully saturated rings. The molecule has 7 heterocycles. The number of fused-ring (bicyclic) bond motifs is 2. The first-order valence-electron chi connectivity index (χ1n) is 27.0. The van der Waals surface area contributed by atoms with Crippen molar-refractivity contribution in [3.05, 3.63) is 113 Å². The summed E-state index contributed by atoms with van der Waals surface area (Å²) in [5, 5.41) is 39.4. The lowest BCUT2D eigenvalue weighted by molar-refractivity contribution is -0.127. The largest absolute Gasteiger partial charge is 0.507 e. The summed E-state index contributed by atoms with van der Waals surface area (Å²) in [4.78, 5) is 38.4. The first-order chi connectivity index (χ1) is 36.3. The maximum atomic E-state index is 13.8. The fraction of sp³-hybridized carbons (Fsp3) is 0.526. The molecule has 1 aliphatic carbocycles. The van der Waals surface area contributed by atoms with E-state index in [-0.39, 0.29) is 47.4 Å². The lowest BCUT2D eigenvalue weighted by atomic mass is 9.78. The number of phenolic OH excluding ortho intramolecular Hbond substituents is 1. The first kappa shape index (κ1) is 54.3. The van der Waals surface area contributed by atoms with E-state index in [2.05, 4.69) is 66.4 Å². The highest BCUT2D eigenvalue weighted by atomic mass is 16.5. The van der Waals surface area contributed by atoms with Crippen LogP contribution < -0.4 is 42.4 Å². The zero-order valence-corrected chi connectivity index (χ0v) is 43.9. The van der Waals surface area contributed by atoms with Crippen molar-refractivity contribution < 1.29 is 29.1 Å². The molecule has 5 unspecified atom stereocenters. The minimum atomic E-state index is -0.371. The number of nitrogens with zero attached hydrogens (tertiary/aromatic N) is 7. The smallest absolute Gasteiger partial charge is 0.224 e. The Morgan fingerprint density at radius 3 is 2.32 bits per heavy atom. The molecular weight excluding hydrogens is 949 g/mol. The number of anilines is 2. The number of allylic oxidation sites excluding steroid dienone is 1. The topological polar surface area (TPSA) is 262 Å². The van der Waals surface area contributed by atoms with Gasteiger partial charge < -0.3 is 66.9 Å². The number of likely N-dealkylation sites (tertiary alicyclic amines) is 1. The molecule has 6 aliphatic rings. The van der Waals surface area contributed by atoms with Crippen LogP contribution in [0.15, 0.2) is 95.0 Å². The minimum Gasteiger partial charge on any atom is -0.507 e. The predicted octanol–water partition coefficient (Wildman–Crippen LogP) is 6.05. The molecular formula is C57H78N12O6. The highest BCUT2D eigenvalue weighted by Gasteiger charge is 2.45. The molecule has 18 nitrogen and oxygen atoms in total. The van der Waals surface area contributed by atoms with Crippen LogP contribution in [0, 0.1) is 29.1 Å². The van der Waals surface area contributed by atoms with Gasteiger partial charge in [0, 0.05) is 112 Å². The number of carbonyl (C=O) groups excluding carboxylic acids is 2. The van der Waals surface area contributed by atoms with Crippen LogP contribution in [0.25, 0.3) is 5.70 Å². The van der Waals surface area contributed by atoms with E-state index < -0.39 is 0 Å². The van der Waals surface area contributed by atoms with E-state index >= 15 is 0 Å². The molecule has 5 aliphatic heterocycles. The van der Waals surface area contributed by atoms with Gasteiger partial charge in [-0.3, -0.25) is 9.59 Å². The molecule has 1 saturated carbocycles. The monoisotopic (exact) mass is 1030 g/mol. The van der Waals surface area contributed by atoms with Gasteiger partial charge in [-0.15, -0.1) is 0 Å². The van der Waals surface area contributed by atoms with Crippen LogP contribution in [-0.4, -0.2) is 119 Å². The van der Waals surface area contributed by atoms with Crippen molar-refractivity contribution >= 4 is 29.5 Å². The van der Waals surface area contributed by atoms with E-state index in [0.717, 1.165) is 108 Å². The van der Waals surface area contributed by atoms with Crippen LogP contribution >= 0.6 is 0 Å². The average molecular weight is 1030 g/mol. The number of aliphatic hydroxyl groups excluding tert-OH is 1. The molecule has 5 atom stereocenters. The molecule has 0 radical (unpaired) electrons. The van der Waals surface area contributed by atoms with E-state index in [1.54, 1.807) is 36.4 Å².